The van der Waals surface area contributed by atoms with Gasteiger partial charge in [-0.15, -0.1) is 0 Å². The van der Waals surface area contributed by atoms with Gasteiger partial charge in [0.2, 0.25) is 0 Å². The van der Waals surface area contributed by atoms with E-state index in [1.807, 2.05) is 32.0 Å². The molecule has 5 nitrogen and oxygen atoms in total. The average molecular weight is 238 g/mol. The van der Waals surface area contributed by atoms with E-state index < -0.39 is 18.4 Å². The summed E-state index contributed by atoms with van der Waals surface area (Å²) in [5.74, 6) is -2.62. The molecule has 0 aromatic heterocycles. The van der Waals surface area contributed by atoms with Crippen LogP contribution in [0.1, 0.15) is 27.9 Å². The lowest BCUT2D eigenvalue weighted by molar-refractivity contribution is -0.147. The molecule has 0 atom stereocenters. The largest absolute Gasteiger partial charge is 0.481 e. The molecular formula is C12H14O5. The van der Waals surface area contributed by atoms with E-state index in [0.717, 1.165) is 17.4 Å². The zero-order valence-corrected chi connectivity index (χ0v) is 9.64. The van der Waals surface area contributed by atoms with E-state index in [2.05, 4.69) is 0 Å². The Labute approximate surface area is 98.7 Å². The first-order valence-corrected chi connectivity index (χ1v) is 4.83. The van der Waals surface area contributed by atoms with Gasteiger partial charge in [0, 0.05) is 5.56 Å². The molecule has 5 heteroatoms. The molecule has 2 N–H and O–H groups in total. The van der Waals surface area contributed by atoms with Crippen LogP contribution in [0.25, 0.3) is 0 Å². The first kappa shape index (κ1) is 14.8. The van der Waals surface area contributed by atoms with E-state index in [0.29, 0.717) is 0 Å². The van der Waals surface area contributed by atoms with Crippen molar-refractivity contribution in [3.05, 3.63) is 34.9 Å². The van der Waals surface area contributed by atoms with E-state index in [-0.39, 0.29) is 0 Å². The molecule has 0 bridgehead atoms. The zero-order chi connectivity index (χ0) is 13.4. The molecule has 0 aliphatic carbocycles. The lowest BCUT2D eigenvalue weighted by Gasteiger charge is -1.99. The molecule has 0 aliphatic rings. The molecule has 1 rings (SSSR count). The number of carbonyl (C=O) groups is 3. The molecule has 1 aromatic carbocycles. The van der Waals surface area contributed by atoms with Crippen molar-refractivity contribution < 1.29 is 24.6 Å². The minimum atomic E-state index is -1.31. The summed E-state index contributed by atoms with van der Waals surface area (Å²) in [6.07, 6.45) is 0.0856. The average Bonchev–Trinajstić information content (AvgIpc) is 2.21. The molecule has 0 heterocycles. The van der Waals surface area contributed by atoms with Crippen LogP contribution in [0.2, 0.25) is 0 Å². The Kier molecular flexibility index (Phi) is 6.25. The third kappa shape index (κ3) is 6.09. The summed E-state index contributed by atoms with van der Waals surface area (Å²) in [5.41, 5.74) is 3.04. The van der Waals surface area contributed by atoms with Crippen molar-refractivity contribution in [2.45, 2.75) is 20.3 Å². The van der Waals surface area contributed by atoms with Gasteiger partial charge >= 0.3 is 11.9 Å². The molecule has 0 saturated carbocycles. The van der Waals surface area contributed by atoms with Crippen LogP contribution in [0.3, 0.4) is 0 Å². The number of aldehydes is 1. The molecule has 17 heavy (non-hydrogen) atoms. The van der Waals surface area contributed by atoms with Crippen LogP contribution in [-0.2, 0) is 9.59 Å². The van der Waals surface area contributed by atoms with Gasteiger partial charge in [-0.1, -0.05) is 18.2 Å². The van der Waals surface area contributed by atoms with Crippen LogP contribution in [0.5, 0.6) is 0 Å². The maximum atomic E-state index is 10.4. The highest BCUT2D eigenvalue weighted by Gasteiger charge is 2.01. The van der Waals surface area contributed by atoms with E-state index in [1.165, 1.54) is 5.56 Å². The molecule has 0 radical (unpaired) electrons. The smallest absolute Gasteiger partial charge is 0.314 e. The van der Waals surface area contributed by atoms with Crippen LogP contribution >= 0.6 is 0 Å². The van der Waals surface area contributed by atoms with Crippen molar-refractivity contribution >= 4 is 18.2 Å². The van der Waals surface area contributed by atoms with Crippen molar-refractivity contribution in [2.75, 3.05) is 0 Å². The van der Waals surface area contributed by atoms with Crippen molar-refractivity contribution in [1.82, 2.24) is 0 Å². The Morgan fingerprint density at radius 3 is 2.00 bits per heavy atom. The molecule has 0 amide bonds. The van der Waals surface area contributed by atoms with E-state index in [4.69, 9.17) is 10.2 Å². The Hall–Kier alpha value is -2.17. The lowest BCUT2D eigenvalue weighted by Crippen LogP contribution is -2.03. The fraction of sp³-hybridized carbons (Fsp3) is 0.250. The highest BCUT2D eigenvalue weighted by molar-refractivity contribution is 5.88. The van der Waals surface area contributed by atoms with Gasteiger partial charge in [0.15, 0.2) is 0 Å². The number of aliphatic carboxylic acids is 2. The lowest BCUT2D eigenvalue weighted by atomic mass is 10.1. The van der Waals surface area contributed by atoms with Crippen molar-refractivity contribution in [3.63, 3.8) is 0 Å². The number of aryl methyl sites for hydroxylation is 1. The third-order valence-electron chi connectivity index (χ3n) is 2.08. The molecule has 92 valence electrons. The van der Waals surface area contributed by atoms with Crippen LogP contribution < -0.4 is 0 Å². The first-order valence-electron chi connectivity index (χ1n) is 4.83. The Morgan fingerprint density at radius 2 is 1.71 bits per heavy atom. The molecule has 0 unspecified atom stereocenters. The van der Waals surface area contributed by atoms with Gasteiger partial charge in [-0.05, 0) is 25.0 Å². The third-order valence-corrected chi connectivity index (χ3v) is 2.08. The summed E-state index contributed by atoms with van der Waals surface area (Å²) in [6.45, 7) is 3.96. The number of carbonyl (C=O) groups excluding carboxylic acids is 1. The Bertz CT molecular complexity index is 411. The standard InChI is InChI=1S/C9H10O.C3H4O4/c1-7-4-3-5-9(6-10)8(7)2;4-2(5)1-3(6)7/h3-6H,1-2H3;1H2,(H,4,5)(H,6,7). The molecule has 0 aliphatic heterocycles. The molecule has 0 fully saturated rings. The monoisotopic (exact) mass is 238 g/mol. The van der Waals surface area contributed by atoms with Gasteiger partial charge < -0.3 is 10.2 Å². The van der Waals surface area contributed by atoms with Crippen molar-refractivity contribution in [3.8, 4) is 0 Å². The maximum Gasteiger partial charge on any atom is 0.314 e. The predicted molar refractivity (Wildman–Crippen MR) is 61.2 cm³/mol. The summed E-state index contributed by atoms with van der Waals surface area (Å²) in [4.78, 5) is 29.2. The second-order valence-electron chi connectivity index (χ2n) is 3.37. The Balaban J connectivity index is 0.000000325. The topological polar surface area (TPSA) is 91.7 Å². The Morgan fingerprint density at radius 1 is 1.18 bits per heavy atom. The van der Waals surface area contributed by atoms with Gasteiger partial charge in [0.1, 0.15) is 12.7 Å². The molecule has 1 aromatic rings. The van der Waals surface area contributed by atoms with Crippen molar-refractivity contribution in [2.24, 2.45) is 0 Å². The molecule has 0 saturated heterocycles. The van der Waals surface area contributed by atoms with Gasteiger partial charge in [0.25, 0.3) is 0 Å². The number of hydrogen-bond donors (Lipinski definition) is 2. The van der Waals surface area contributed by atoms with Gasteiger partial charge in [0.05, 0.1) is 0 Å². The quantitative estimate of drug-likeness (QED) is 0.617. The van der Waals surface area contributed by atoms with Gasteiger partial charge in [-0.3, -0.25) is 14.4 Å². The van der Waals surface area contributed by atoms with E-state index in [9.17, 15) is 14.4 Å². The van der Waals surface area contributed by atoms with Crippen LogP contribution in [-0.4, -0.2) is 28.4 Å². The maximum absolute atomic E-state index is 10.4. The summed E-state index contributed by atoms with van der Waals surface area (Å²) in [6, 6.07) is 5.73. The minimum Gasteiger partial charge on any atom is -0.481 e. The number of benzene rings is 1. The van der Waals surface area contributed by atoms with E-state index in [1.54, 1.807) is 0 Å². The number of carboxylic acids is 2. The second kappa shape index (κ2) is 7.16. The number of hydrogen-bond acceptors (Lipinski definition) is 3. The number of carboxylic acid groups (broad SMARTS) is 2. The first-order chi connectivity index (χ1) is 7.88. The van der Waals surface area contributed by atoms with Crippen molar-refractivity contribution in [1.29, 1.82) is 0 Å². The number of rotatable bonds is 3. The summed E-state index contributed by atoms with van der Waals surface area (Å²) in [5, 5.41) is 15.4. The zero-order valence-electron chi connectivity index (χ0n) is 9.64. The molecular weight excluding hydrogens is 224 g/mol. The summed E-state index contributed by atoms with van der Waals surface area (Å²) < 4.78 is 0. The minimum absolute atomic E-state index is 0.792. The SMILES string of the molecule is Cc1cccc(C=O)c1C.O=C(O)CC(=O)O. The highest BCUT2D eigenvalue weighted by atomic mass is 16.4. The van der Waals surface area contributed by atoms with Gasteiger partial charge in [-0.25, -0.2) is 0 Å². The highest BCUT2D eigenvalue weighted by Crippen LogP contribution is 2.09. The van der Waals surface area contributed by atoms with Crippen LogP contribution in [0.4, 0.5) is 0 Å². The van der Waals surface area contributed by atoms with Gasteiger partial charge in [-0.2, -0.15) is 0 Å². The predicted octanol–water partition coefficient (Wildman–Crippen LogP) is 1.66. The summed E-state index contributed by atoms with van der Waals surface area (Å²) >= 11 is 0. The fourth-order valence-corrected chi connectivity index (χ4v) is 1.03. The fourth-order valence-electron chi connectivity index (χ4n) is 1.03. The second-order valence-corrected chi connectivity index (χ2v) is 3.37. The molecule has 0 spiro atoms. The van der Waals surface area contributed by atoms with Crippen LogP contribution in [0.15, 0.2) is 18.2 Å². The normalized spacial score (nSPS) is 8.82. The van der Waals surface area contributed by atoms with Crippen LogP contribution in [0, 0.1) is 13.8 Å². The summed E-state index contributed by atoms with van der Waals surface area (Å²) in [7, 11) is 0. The van der Waals surface area contributed by atoms with E-state index >= 15 is 0 Å².